The largest absolute Gasteiger partial charge is 0.494 e. The van der Waals surface area contributed by atoms with E-state index in [1.54, 1.807) is 36.4 Å². The summed E-state index contributed by atoms with van der Waals surface area (Å²) in [7, 11) is -3.52. The molecular formula is C19H23N3O4S2. The van der Waals surface area contributed by atoms with Crippen molar-refractivity contribution < 1.29 is 17.9 Å². The summed E-state index contributed by atoms with van der Waals surface area (Å²) in [5.41, 5.74) is 0.973. The van der Waals surface area contributed by atoms with Crippen LogP contribution in [0.15, 0.2) is 53.4 Å². The topological polar surface area (TPSA) is 96.5 Å². The molecular weight excluding hydrogens is 398 g/mol. The highest BCUT2D eigenvalue weighted by atomic mass is 32.2. The average molecular weight is 422 g/mol. The van der Waals surface area contributed by atoms with Gasteiger partial charge in [0.05, 0.1) is 11.5 Å². The molecule has 0 atom stereocenters. The first kappa shape index (κ1) is 21.8. The molecule has 2 aromatic carbocycles. The van der Waals surface area contributed by atoms with Crippen LogP contribution in [0.4, 0.5) is 5.69 Å². The first-order chi connectivity index (χ1) is 13.4. The van der Waals surface area contributed by atoms with Gasteiger partial charge in [-0.05, 0) is 68.0 Å². The van der Waals surface area contributed by atoms with Crippen LogP contribution in [0, 0.1) is 0 Å². The lowest BCUT2D eigenvalue weighted by Gasteiger charge is -2.11. The van der Waals surface area contributed by atoms with Gasteiger partial charge in [-0.1, -0.05) is 13.0 Å². The number of hydrogen-bond acceptors (Lipinski definition) is 5. The lowest BCUT2D eigenvalue weighted by Crippen LogP contribution is -2.34. The van der Waals surface area contributed by atoms with Crippen LogP contribution in [0.1, 0.15) is 30.6 Å². The van der Waals surface area contributed by atoms with Crippen LogP contribution in [0.25, 0.3) is 0 Å². The van der Waals surface area contributed by atoms with Crippen LogP contribution in [-0.2, 0) is 10.0 Å². The van der Waals surface area contributed by atoms with E-state index in [1.165, 1.54) is 12.1 Å². The standard InChI is InChI=1S/C19H23N3O4S2/c1-3-12-20-28(24,25)17-10-8-15(9-11-17)21-19(27)22-18(23)14-6-5-7-16(13-14)26-4-2/h5-11,13,20H,3-4,12H2,1-2H3,(H2,21,22,23,27). The van der Waals surface area contributed by atoms with E-state index in [2.05, 4.69) is 15.4 Å². The average Bonchev–Trinajstić information content (AvgIpc) is 2.67. The molecule has 2 rings (SSSR count). The number of thiocarbonyl (C=S) groups is 1. The maximum absolute atomic E-state index is 12.3. The molecule has 0 aromatic heterocycles. The van der Waals surface area contributed by atoms with Crippen molar-refractivity contribution in [3.63, 3.8) is 0 Å². The molecule has 0 saturated carbocycles. The highest BCUT2D eigenvalue weighted by Crippen LogP contribution is 2.15. The number of hydrogen-bond donors (Lipinski definition) is 3. The number of amides is 1. The van der Waals surface area contributed by atoms with E-state index in [9.17, 15) is 13.2 Å². The molecule has 0 unspecified atom stereocenters. The molecule has 1 amide bonds. The Labute approximate surface area is 170 Å². The van der Waals surface area contributed by atoms with Gasteiger partial charge < -0.3 is 10.1 Å². The summed E-state index contributed by atoms with van der Waals surface area (Å²) in [6.07, 6.45) is 0.709. The summed E-state index contributed by atoms with van der Waals surface area (Å²) in [4.78, 5) is 12.5. The fourth-order valence-corrected chi connectivity index (χ4v) is 3.61. The Kier molecular flexibility index (Phi) is 7.91. The van der Waals surface area contributed by atoms with Crippen molar-refractivity contribution in [2.75, 3.05) is 18.5 Å². The van der Waals surface area contributed by atoms with E-state index in [0.29, 0.717) is 36.6 Å². The number of nitrogens with one attached hydrogen (secondary N) is 3. The second-order valence-electron chi connectivity index (χ2n) is 5.79. The zero-order chi connectivity index (χ0) is 20.6. The molecule has 7 nitrogen and oxygen atoms in total. The number of anilines is 1. The molecule has 0 heterocycles. The molecule has 0 aliphatic rings. The molecule has 0 fully saturated rings. The normalized spacial score (nSPS) is 10.9. The van der Waals surface area contributed by atoms with Gasteiger partial charge in [0.15, 0.2) is 5.11 Å². The van der Waals surface area contributed by atoms with E-state index in [4.69, 9.17) is 17.0 Å². The monoisotopic (exact) mass is 421 g/mol. The van der Waals surface area contributed by atoms with Crippen LogP contribution < -0.4 is 20.1 Å². The molecule has 150 valence electrons. The summed E-state index contributed by atoms with van der Waals surface area (Å²) < 4.78 is 32.0. The molecule has 28 heavy (non-hydrogen) atoms. The van der Waals surface area contributed by atoms with Crippen molar-refractivity contribution in [3.05, 3.63) is 54.1 Å². The SMILES string of the molecule is CCCNS(=O)(=O)c1ccc(NC(=S)NC(=O)c2cccc(OCC)c2)cc1. The molecule has 9 heteroatoms. The number of rotatable bonds is 8. The van der Waals surface area contributed by atoms with Crippen molar-refractivity contribution in [2.24, 2.45) is 0 Å². The Balaban J connectivity index is 1.97. The van der Waals surface area contributed by atoms with Crippen LogP contribution in [0.5, 0.6) is 5.75 Å². The summed E-state index contributed by atoms with van der Waals surface area (Å²) in [5, 5.41) is 5.54. The minimum atomic E-state index is -3.52. The van der Waals surface area contributed by atoms with E-state index < -0.39 is 10.0 Å². The Hall–Kier alpha value is -2.49. The third-order valence-electron chi connectivity index (χ3n) is 3.60. The molecule has 3 N–H and O–H groups in total. The molecule has 0 aliphatic carbocycles. The van der Waals surface area contributed by atoms with Crippen molar-refractivity contribution in [1.29, 1.82) is 0 Å². The van der Waals surface area contributed by atoms with Crippen LogP contribution >= 0.6 is 12.2 Å². The number of benzene rings is 2. The predicted octanol–water partition coefficient (Wildman–Crippen LogP) is 2.90. The second-order valence-corrected chi connectivity index (χ2v) is 7.97. The van der Waals surface area contributed by atoms with Crippen LogP contribution in [0.3, 0.4) is 0 Å². The first-order valence-electron chi connectivity index (χ1n) is 8.80. The highest BCUT2D eigenvalue weighted by Gasteiger charge is 2.13. The second kappa shape index (κ2) is 10.2. The Morgan fingerprint density at radius 3 is 2.46 bits per heavy atom. The van der Waals surface area contributed by atoms with Crippen LogP contribution in [0.2, 0.25) is 0 Å². The molecule has 0 radical (unpaired) electrons. The third-order valence-corrected chi connectivity index (χ3v) is 5.28. The molecule has 0 aliphatic heterocycles. The van der Waals surface area contributed by atoms with Crippen LogP contribution in [-0.4, -0.2) is 32.6 Å². The molecule has 0 spiro atoms. The highest BCUT2D eigenvalue weighted by molar-refractivity contribution is 7.89. The predicted molar refractivity (Wildman–Crippen MR) is 113 cm³/mol. The number of ether oxygens (including phenoxy) is 1. The van der Waals surface area contributed by atoms with Gasteiger partial charge >= 0.3 is 0 Å². The van der Waals surface area contributed by atoms with E-state index in [1.807, 2.05) is 13.8 Å². The lowest BCUT2D eigenvalue weighted by molar-refractivity contribution is 0.0977. The zero-order valence-corrected chi connectivity index (χ0v) is 17.3. The summed E-state index contributed by atoms with van der Waals surface area (Å²) in [5.74, 6) is 0.226. The molecule has 0 saturated heterocycles. The number of carbonyl (C=O) groups is 1. The van der Waals surface area contributed by atoms with Gasteiger partial charge in [0.2, 0.25) is 10.0 Å². The first-order valence-corrected chi connectivity index (χ1v) is 10.7. The minimum Gasteiger partial charge on any atom is -0.494 e. The maximum atomic E-state index is 12.3. The summed E-state index contributed by atoms with van der Waals surface area (Å²) >= 11 is 5.16. The fraction of sp³-hybridized carbons (Fsp3) is 0.263. The summed E-state index contributed by atoms with van der Waals surface area (Å²) in [6.45, 7) is 4.63. The van der Waals surface area contributed by atoms with Crippen molar-refractivity contribution in [3.8, 4) is 5.75 Å². The van der Waals surface area contributed by atoms with Gasteiger partial charge in [-0.15, -0.1) is 0 Å². The number of sulfonamides is 1. The Morgan fingerprint density at radius 1 is 1.11 bits per heavy atom. The maximum Gasteiger partial charge on any atom is 0.257 e. The Morgan fingerprint density at radius 2 is 1.82 bits per heavy atom. The lowest BCUT2D eigenvalue weighted by atomic mass is 10.2. The third kappa shape index (κ3) is 6.29. The van der Waals surface area contributed by atoms with Crippen molar-refractivity contribution in [2.45, 2.75) is 25.2 Å². The van der Waals surface area contributed by atoms with Gasteiger partial charge in [-0.3, -0.25) is 10.1 Å². The smallest absolute Gasteiger partial charge is 0.257 e. The van der Waals surface area contributed by atoms with E-state index in [0.717, 1.165) is 0 Å². The van der Waals surface area contributed by atoms with E-state index in [-0.39, 0.29) is 15.9 Å². The van der Waals surface area contributed by atoms with Crippen molar-refractivity contribution in [1.82, 2.24) is 10.0 Å². The van der Waals surface area contributed by atoms with Crippen molar-refractivity contribution >= 4 is 38.9 Å². The Bertz CT molecular complexity index is 928. The quantitative estimate of drug-likeness (QED) is 0.567. The minimum absolute atomic E-state index is 0.103. The van der Waals surface area contributed by atoms with Gasteiger partial charge in [0.25, 0.3) is 5.91 Å². The fourth-order valence-electron chi connectivity index (χ4n) is 2.27. The van der Waals surface area contributed by atoms with E-state index >= 15 is 0 Å². The van der Waals surface area contributed by atoms with Gasteiger partial charge in [0.1, 0.15) is 5.75 Å². The summed E-state index contributed by atoms with van der Waals surface area (Å²) in [6, 6.07) is 12.9. The van der Waals surface area contributed by atoms with Gasteiger partial charge in [-0.25, -0.2) is 13.1 Å². The van der Waals surface area contributed by atoms with Gasteiger partial charge in [-0.2, -0.15) is 0 Å². The molecule has 2 aromatic rings. The number of carbonyl (C=O) groups excluding carboxylic acids is 1. The van der Waals surface area contributed by atoms with Gasteiger partial charge in [0, 0.05) is 17.8 Å². The zero-order valence-electron chi connectivity index (χ0n) is 15.7. The molecule has 0 bridgehead atoms.